The summed E-state index contributed by atoms with van der Waals surface area (Å²) in [5.41, 5.74) is 2.76. The molecule has 6 heteroatoms. The summed E-state index contributed by atoms with van der Waals surface area (Å²) in [5, 5.41) is 6.86. The fourth-order valence-corrected chi connectivity index (χ4v) is 4.33. The Morgan fingerprint density at radius 2 is 2.07 bits per heavy atom. The predicted molar refractivity (Wildman–Crippen MR) is 123 cm³/mol. The van der Waals surface area contributed by atoms with E-state index in [9.17, 15) is 0 Å². The van der Waals surface area contributed by atoms with Crippen LogP contribution in [0.3, 0.4) is 0 Å². The Morgan fingerprint density at radius 1 is 1.20 bits per heavy atom. The highest BCUT2D eigenvalue weighted by Crippen LogP contribution is 2.19. The minimum Gasteiger partial charge on any atom is -0.379 e. The summed E-state index contributed by atoms with van der Waals surface area (Å²) in [6.45, 7) is 9.81. The number of likely N-dealkylation sites (tertiary alicyclic amines) is 1. The largest absolute Gasteiger partial charge is 0.379 e. The number of hydrogen-bond acceptors (Lipinski definition) is 4. The van der Waals surface area contributed by atoms with Gasteiger partial charge in [0.25, 0.3) is 0 Å². The van der Waals surface area contributed by atoms with E-state index in [1.165, 1.54) is 37.1 Å². The number of ether oxygens (including phenoxy) is 2. The van der Waals surface area contributed by atoms with Crippen LogP contribution in [0.4, 0.5) is 0 Å². The Bertz CT molecular complexity index is 646. The van der Waals surface area contributed by atoms with Gasteiger partial charge < -0.3 is 20.1 Å². The smallest absolute Gasteiger partial charge is 0.191 e. The number of benzene rings is 1. The molecule has 2 heterocycles. The summed E-state index contributed by atoms with van der Waals surface area (Å²) < 4.78 is 11.3. The summed E-state index contributed by atoms with van der Waals surface area (Å²) in [5.74, 6) is 1.65. The third-order valence-electron chi connectivity index (χ3n) is 6.01. The molecule has 3 rings (SSSR count). The van der Waals surface area contributed by atoms with Crippen LogP contribution in [0.25, 0.3) is 0 Å². The van der Waals surface area contributed by atoms with E-state index in [-0.39, 0.29) is 0 Å². The standard InChI is InChI=1S/C24H40N4O2/c1-20-8-5-13-28(17-20)18-22-10-4-3-9-21(22)16-27-24(25-2)26-12-7-14-29-19-23-11-6-15-30-23/h3-4,9-10,20,23H,5-8,11-19H2,1-2H3,(H2,25,26,27). The van der Waals surface area contributed by atoms with Crippen LogP contribution in [0.15, 0.2) is 29.3 Å². The maximum absolute atomic E-state index is 5.73. The highest BCUT2D eigenvalue weighted by atomic mass is 16.5. The van der Waals surface area contributed by atoms with E-state index in [1.807, 2.05) is 7.05 Å². The molecule has 2 aliphatic heterocycles. The molecule has 1 aromatic carbocycles. The lowest BCUT2D eigenvalue weighted by Crippen LogP contribution is -2.38. The van der Waals surface area contributed by atoms with Crippen LogP contribution >= 0.6 is 0 Å². The first kappa shape index (κ1) is 23.0. The number of hydrogen-bond donors (Lipinski definition) is 2. The molecular formula is C24H40N4O2. The van der Waals surface area contributed by atoms with Crippen molar-refractivity contribution in [3.63, 3.8) is 0 Å². The molecular weight excluding hydrogens is 376 g/mol. The molecule has 0 radical (unpaired) electrons. The van der Waals surface area contributed by atoms with Gasteiger partial charge in [-0.05, 0) is 55.7 Å². The van der Waals surface area contributed by atoms with Crippen LogP contribution in [-0.4, -0.2) is 63.5 Å². The second-order valence-electron chi connectivity index (χ2n) is 8.67. The number of piperidine rings is 1. The normalized spacial score (nSPS) is 22.9. The van der Waals surface area contributed by atoms with Gasteiger partial charge in [0, 0.05) is 46.4 Å². The van der Waals surface area contributed by atoms with Crippen LogP contribution in [0, 0.1) is 5.92 Å². The minimum absolute atomic E-state index is 0.306. The molecule has 2 unspecified atom stereocenters. The van der Waals surface area contributed by atoms with Gasteiger partial charge in [-0.1, -0.05) is 31.2 Å². The average molecular weight is 417 g/mol. The number of rotatable bonds is 10. The molecule has 0 aromatic heterocycles. The van der Waals surface area contributed by atoms with Gasteiger partial charge in [0.05, 0.1) is 12.7 Å². The van der Waals surface area contributed by atoms with E-state index in [4.69, 9.17) is 9.47 Å². The lowest BCUT2D eigenvalue weighted by molar-refractivity contribution is 0.0168. The van der Waals surface area contributed by atoms with Crippen LogP contribution in [-0.2, 0) is 22.6 Å². The molecule has 2 fully saturated rings. The molecule has 0 amide bonds. The first-order valence-electron chi connectivity index (χ1n) is 11.7. The molecule has 2 aliphatic rings. The second kappa shape index (κ2) is 12.9. The van der Waals surface area contributed by atoms with Crippen LogP contribution in [0.1, 0.15) is 50.2 Å². The summed E-state index contributed by atoms with van der Waals surface area (Å²) in [6, 6.07) is 8.76. The molecule has 0 spiro atoms. The zero-order chi connectivity index (χ0) is 21.0. The summed E-state index contributed by atoms with van der Waals surface area (Å²) in [6.07, 6.45) is 6.24. The SMILES string of the molecule is CN=C(NCCCOCC1CCCO1)NCc1ccccc1CN1CCCC(C)C1. The predicted octanol–water partition coefficient (Wildman–Crippen LogP) is 3.17. The molecule has 2 N–H and O–H groups in total. The third kappa shape index (κ3) is 7.89. The average Bonchev–Trinajstić information content (AvgIpc) is 3.27. The van der Waals surface area contributed by atoms with E-state index in [2.05, 4.69) is 51.7 Å². The fraction of sp³-hybridized carbons (Fsp3) is 0.708. The Hall–Kier alpha value is -1.63. The molecule has 168 valence electrons. The Labute approximate surface area is 182 Å². The monoisotopic (exact) mass is 416 g/mol. The highest BCUT2D eigenvalue weighted by Gasteiger charge is 2.17. The Morgan fingerprint density at radius 3 is 2.83 bits per heavy atom. The van der Waals surface area contributed by atoms with Gasteiger partial charge in [0.15, 0.2) is 5.96 Å². The molecule has 2 atom stereocenters. The van der Waals surface area contributed by atoms with Crippen molar-refractivity contribution in [2.45, 2.75) is 58.2 Å². The van der Waals surface area contributed by atoms with Crippen molar-refractivity contribution in [3.8, 4) is 0 Å². The van der Waals surface area contributed by atoms with E-state index < -0.39 is 0 Å². The van der Waals surface area contributed by atoms with Crippen LogP contribution < -0.4 is 10.6 Å². The fourth-order valence-electron chi connectivity index (χ4n) is 4.33. The molecule has 1 aromatic rings. The Balaban J connectivity index is 1.36. The maximum Gasteiger partial charge on any atom is 0.191 e. The van der Waals surface area contributed by atoms with Crippen molar-refractivity contribution in [1.82, 2.24) is 15.5 Å². The summed E-state index contributed by atoms with van der Waals surface area (Å²) >= 11 is 0. The summed E-state index contributed by atoms with van der Waals surface area (Å²) in [4.78, 5) is 6.96. The summed E-state index contributed by atoms with van der Waals surface area (Å²) in [7, 11) is 1.82. The van der Waals surface area contributed by atoms with Gasteiger partial charge in [0.2, 0.25) is 0 Å². The number of nitrogens with one attached hydrogen (secondary N) is 2. The van der Waals surface area contributed by atoms with Gasteiger partial charge >= 0.3 is 0 Å². The molecule has 6 nitrogen and oxygen atoms in total. The van der Waals surface area contributed by atoms with E-state index in [0.29, 0.717) is 6.10 Å². The van der Waals surface area contributed by atoms with Crippen molar-refractivity contribution >= 4 is 5.96 Å². The van der Waals surface area contributed by atoms with Crippen LogP contribution in [0.2, 0.25) is 0 Å². The number of nitrogens with zero attached hydrogens (tertiary/aromatic N) is 2. The first-order valence-corrected chi connectivity index (χ1v) is 11.7. The molecule has 0 bridgehead atoms. The highest BCUT2D eigenvalue weighted by molar-refractivity contribution is 5.79. The van der Waals surface area contributed by atoms with Gasteiger partial charge in [-0.25, -0.2) is 0 Å². The lowest BCUT2D eigenvalue weighted by Gasteiger charge is -2.31. The van der Waals surface area contributed by atoms with Gasteiger partial charge in [-0.15, -0.1) is 0 Å². The van der Waals surface area contributed by atoms with Crippen molar-refractivity contribution < 1.29 is 9.47 Å². The quantitative estimate of drug-likeness (QED) is 0.349. The van der Waals surface area contributed by atoms with Crippen molar-refractivity contribution in [2.24, 2.45) is 10.9 Å². The Kier molecular flexibility index (Phi) is 9.93. The van der Waals surface area contributed by atoms with E-state index in [1.54, 1.807) is 0 Å². The molecule has 0 aliphatic carbocycles. The molecule has 30 heavy (non-hydrogen) atoms. The second-order valence-corrected chi connectivity index (χ2v) is 8.67. The van der Waals surface area contributed by atoms with E-state index in [0.717, 1.165) is 70.6 Å². The number of guanidine groups is 1. The van der Waals surface area contributed by atoms with Crippen molar-refractivity contribution in [1.29, 1.82) is 0 Å². The minimum atomic E-state index is 0.306. The van der Waals surface area contributed by atoms with E-state index >= 15 is 0 Å². The molecule has 0 saturated carbocycles. The zero-order valence-electron chi connectivity index (χ0n) is 18.9. The lowest BCUT2D eigenvalue weighted by atomic mass is 9.99. The first-order chi connectivity index (χ1) is 14.7. The molecule has 2 saturated heterocycles. The van der Waals surface area contributed by atoms with Crippen molar-refractivity contribution in [3.05, 3.63) is 35.4 Å². The zero-order valence-corrected chi connectivity index (χ0v) is 18.9. The van der Waals surface area contributed by atoms with Gasteiger partial charge in [0.1, 0.15) is 0 Å². The van der Waals surface area contributed by atoms with Gasteiger partial charge in [-0.2, -0.15) is 0 Å². The topological polar surface area (TPSA) is 58.1 Å². The maximum atomic E-state index is 5.73. The van der Waals surface area contributed by atoms with Gasteiger partial charge in [-0.3, -0.25) is 9.89 Å². The van der Waals surface area contributed by atoms with Crippen LogP contribution in [0.5, 0.6) is 0 Å². The van der Waals surface area contributed by atoms with Crippen molar-refractivity contribution in [2.75, 3.05) is 46.5 Å². The third-order valence-corrected chi connectivity index (χ3v) is 6.01. The number of aliphatic imine (C=N–C) groups is 1.